The molecule has 0 spiro atoms. The summed E-state index contributed by atoms with van der Waals surface area (Å²) in [5.74, 6) is -3.79. The highest BCUT2D eigenvalue weighted by atomic mass is 19.3. The van der Waals surface area contributed by atoms with Crippen LogP contribution < -0.4 is 0 Å². The number of nitrogens with zero attached hydrogens (tertiary/aromatic N) is 3. The normalized spacial score (nSPS) is 17.3. The van der Waals surface area contributed by atoms with Gasteiger partial charge < -0.3 is 9.47 Å². The van der Waals surface area contributed by atoms with E-state index in [9.17, 15) is 22.4 Å². The fourth-order valence-electron chi connectivity index (χ4n) is 2.38. The van der Waals surface area contributed by atoms with E-state index in [4.69, 9.17) is 0 Å². The van der Waals surface area contributed by atoms with Gasteiger partial charge in [0.2, 0.25) is 0 Å². The van der Waals surface area contributed by atoms with Crippen LogP contribution in [0.5, 0.6) is 0 Å². The molecule has 2 heterocycles. The molecule has 8 heteroatoms. The van der Waals surface area contributed by atoms with Crippen molar-refractivity contribution >= 4 is 16.9 Å². The number of aromatic nitrogens is 2. The number of likely N-dealkylation sites (tertiary alicyclic amines) is 1. The first kappa shape index (κ1) is 13.8. The van der Waals surface area contributed by atoms with Gasteiger partial charge in [0, 0.05) is 12.6 Å². The maximum atomic E-state index is 12.8. The minimum Gasteiger partial charge on any atom is -0.326 e. The fraction of sp³-hybridized carbons (Fsp3) is 0.385. The van der Waals surface area contributed by atoms with Crippen LogP contribution in [-0.2, 0) is 7.05 Å². The molecule has 3 rings (SSSR count). The molecule has 0 radical (unpaired) electrons. The molecule has 1 aromatic carbocycles. The number of aryl methyl sites for hydroxylation is 1. The summed E-state index contributed by atoms with van der Waals surface area (Å²) in [6, 6.07) is 4.26. The smallest absolute Gasteiger partial charge is 0.295 e. The second-order valence-electron chi connectivity index (χ2n) is 5.05. The van der Waals surface area contributed by atoms with Crippen LogP contribution in [0.4, 0.5) is 17.6 Å². The van der Waals surface area contributed by atoms with Gasteiger partial charge in [-0.15, -0.1) is 0 Å². The number of rotatable bonds is 2. The fourth-order valence-corrected chi connectivity index (χ4v) is 2.38. The summed E-state index contributed by atoms with van der Waals surface area (Å²) in [7, 11) is 1.45. The molecule has 1 fully saturated rings. The SMILES string of the molecule is Cn1c(C(F)F)nc2cc(C(=O)N3CC(F)(F)C3)ccc21. The largest absolute Gasteiger partial charge is 0.326 e. The standard InChI is InChI=1S/C13H11F4N3O/c1-19-9-3-2-7(4-8(9)18-11(19)10(14)15)12(21)20-5-13(16,17)6-20/h2-4,10H,5-6H2,1H3. The molecular formula is C13H11F4N3O. The van der Waals surface area contributed by atoms with E-state index in [0.29, 0.717) is 5.52 Å². The number of fused-ring (bicyclic) bond motifs is 1. The monoisotopic (exact) mass is 301 g/mol. The van der Waals surface area contributed by atoms with Gasteiger partial charge in [-0.05, 0) is 18.2 Å². The average Bonchev–Trinajstić information content (AvgIpc) is 2.72. The topological polar surface area (TPSA) is 38.1 Å². The predicted molar refractivity (Wildman–Crippen MR) is 66.5 cm³/mol. The number of hydrogen-bond acceptors (Lipinski definition) is 2. The molecule has 1 amide bonds. The van der Waals surface area contributed by atoms with Crippen LogP contribution in [-0.4, -0.2) is 39.4 Å². The van der Waals surface area contributed by atoms with E-state index in [1.165, 1.54) is 29.8 Å². The Hall–Kier alpha value is -2.12. The van der Waals surface area contributed by atoms with E-state index >= 15 is 0 Å². The maximum Gasteiger partial charge on any atom is 0.295 e. The van der Waals surface area contributed by atoms with Crippen molar-refractivity contribution in [2.24, 2.45) is 7.05 Å². The third kappa shape index (κ3) is 2.24. The summed E-state index contributed by atoms with van der Waals surface area (Å²) in [5.41, 5.74) is 0.860. The molecule has 0 unspecified atom stereocenters. The lowest BCUT2D eigenvalue weighted by Crippen LogP contribution is -2.58. The first-order chi connectivity index (χ1) is 9.78. The predicted octanol–water partition coefficient (Wildman–Crippen LogP) is 2.60. The molecule has 1 saturated heterocycles. The summed E-state index contributed by atoms with van der Waals surface area (Å²) < 4.78 is 52.3. The van der Waals surface area contributed by atoms with Gasteiger partial charge in [0.25, 0.3) is 18.3 Å². The highest BCUT2D eigenvalue weighted by Crippen LogP contribution is 2.29. The molecule has 0 aliphatic carbocycles. The molecule has 112 valence electrons. The Bertz CT molecular complexity index is 718. The van der Waals surface area contributed by atoms with Gasteiger partial charge in [-0.1, -0.05) is 0 Å². The van der Waals surface area contributed by atoms with Crippen molar-refractivity contribution in [1.82, 2.24) is 14.5 Å². The minimum absolute atomic E-state index is 0.164. The Morgan fingerprint density at radius 3 is 2.57 bits per heavy atom. The third-order valence-corrected chi connectivity index (χ3v) is 3.49. The van der Waals surface area contributed by atoms with E-state index in [-0.39, 0.29) is 11.1 Å². The Kier molecular flexibility index (Phi) is 2.93. The number of carbonyl (C=O) groups is 1. The number of hydrogen-bond donors (Lipinski definition) is 0. The number of alkyl halides is 4. The van der Waals surface area contributed by atoms with Crippen LogP contribution in [0, 0.1) is 0 Å². The van der Waals surface area contributed by atoms with Gasteiger partial charge in [0.15, 0.2) is 5.82 Å². The number of benzene rings is 1. The summed E-state index contributed by atoms with van der Waals surface area (Å²) in [6.07, 6.45) is -2.73. The zero-order valence-electron chi connectivity index (χ0n) is 11.0. The van der Waals surface area contributed by atoms with Crippen LogP contribution in [0.25, 0.3) is 11.0 Å². The maximum absolute atomic E-state index is 12.8. The summed E-state index contributed by atoms with van der Waals surface area (Å²) >= 11 is 0. The zero-order valence-corrected chi connectivity index (χ0v) is 11.0. The second-order valence-corrected chi connectivity index (χ2v) is 5.05. The van der Waals surface area contributed by atoms with Gasteiger partial charge in [0.1, 0.15) is 0 Å². The zero-order chi connectivity index (χ0) is 15.4. The van der Waals surface area contributed by atoms with Gasteiger partial charge in [0.05, 0.1) is 24.1 Å². The number of halogens is 4. The van der Waals surface area contributed by atoms with Crippen molar-refractivity contribution in [3.63, 3.8) is 0 Å². The Morgan fingerprint density at radius 1 is 1.33 bits per heavy atom. The second kappa shape index (κ2) is 4.44. The van der Waals surface area contributed by atoms with Gasteiger partial charge in [-0.2, -0.15) is 0 Å². The van der Waals surface area contributed by atoms with Crippen LogP contribution >= 0.6 is 0 Å². The van der Waals surface area contributed by atoms with E-state index < -0.39 is 37.2 Å². The molecule has 1 aliphatic heterocycles. The molecule has 0 bridgehead atoms. The lowest BCUT2D eigenvalue weighted by Gasteiger charge is -2.38. The summed E-state index contributed by atoms with van der Waals surface area (Å²) in [6.45, 7) is -1.23. The van der Waals surface area contributed by atoms with Gasteiger partial charge in [-0.25, -0.2) is 22.5 Å². The van der Waals surface area contributed by atoms with Crippen molar-refractivity contribution in [2.45, 2.75) is 12.3 Å². The lowest BCUT2D eigenvalue weighted by atomic mass is 10.1. The van der Waals surface area contributed by atoms with E-state index in [1.54, 1.807) is 0 Å². The van der Waals surface area contributed by atoms with Crippen molar-refractivity contribution in [3.05, 3.63) is 29.6 Å². The molecule has 1 aliphatic rings. The Labute approximate surface area is 117 Å². The number of amides is 1. The molecule has 2 aromatic rings. The first-order valence-electron chi connectivity index (χ1n) is 6.20. The molecule has 1 aromatic heterocycles. The number of imidazole rings is 1. The van der Waals surface area contributed by atoms with Crippen LogP contribution in [0.2, 0.25) is 0 Å². The quantitative estimate of drug-likeness (QED) is 0.800. The van der Waals surface area contributed by atoms with Crippen LogP contribution in [0.3, 0.4) is 0 Å². The Morgan fingerprint density at radius 2 is 2.00 bits per heavy atom. The summed E-state index contributed by atoms with van der Waals surface area (Å²) in [5, 5.41) is 0. The molecule has 4 nitrogen and oxygen atoms in total. The highest BCUT2D eigenvalue weighted by Gasteiger charge is 2.46. The molecule has 0 atom stereocenters. The third-order valence-electron chi connectivity index (χ3n) is 3.49. The Balaban J connectivity index is 1.93. The highest BCUT2D eigenvalue weighted by molar-refractivity contribution is 5.98. The first-order valence-corrected chi connectivity index (χ1v) is 6.20. The summed E-state index contributed by atoms with van der Waals surface area (Å²) in [4.78, 5) is 16.8. The molecule has 21 heavy (non-hydrogen) atoms. The van der Waals surface area contributed by atoms with Crippen molar-refractivity contribution in [2.75, 3.05) is 13.1 Å². The van der Waals surface area contributed by atoms with Crippen molar-refractivity contribution in [1.29, 1.82) is 0 Å². The molecule has 0 saturated carbocycles. The van der Waals surface area contributed by atoms with Crippen molar-refractivity contribution in [3.8, 4) is 0 Å². The molecule has 0 N–H and O–H groups in total. The van der Waals surface area contributed by atoms with E-state index in [1.807, 2.05) is 0 Å². The molecular weight excluding hydrogens is 290 g/mol. The van der Waals surface area contributed by atoms with E-state index in [0.717, 1.165) is 4.90 Å². The van der Waals surface area contributed by atoms with Gasteiger partial charge in [-0.3, -0.25) is 4.79 Å². The van der Waals surface area contributed by atoms with Crippen LogP contribution in [0.1, 0.15) is 22.6 Å². The lowest BCUT2D eigenvalue weighted by molar-refractivity contribution is -0.113. The van der Waals surface area contributed by atoms with Gasteiger partial charge >= 0.3 is 0 Å². The number of carbonyl (C=O) groups excluding carboxylic acids is 1. The van der Waals surface area contributed by atoms with E-state index in [2.05, 4.69) is 4.98 Å². The average molecular weight is 301 g/mol. The van der Waals surface area contributed by atoms with Crippen LogP contribution in [0.15, 0.2) is 18.2 Å². The van der Waals surface area contributed by atoms with Crippen molar-refractivity contribution < 1.29 is 22.4 Å². The minimum atomic E-state index is -2.84.